The maximum atomic E-state index is 5.72. The number of thioether (sulfide) groups is 1. The molecule has 0 spiro atoms. The molecule has 0 unspecified atom stereocenters. The minimum Gasteiger partial charge on any atom is -0.497 e. The lowest BCUT2D eigenvalue weighted by atomic mass is 10.1. The SMILES string of the molecule is COc1ccc(CCCc2nnc(SCCOc3ccccc3)n2C)cc1. The van der Waals surface area contributed by atoms with Gasteiger partial charge in [-0.25, -0.2) is 0 Å². The van der Waals surface area contributed by atoms with E-state index in [0.717, 1.165) is 47.5 Å². The van der Waals surface area contributed by atoms with Gasteiger partial charge in [0.05, 0.1) is 13.7 Å². The molecule has 1 aromatic heterocycles. The Bertz CT molecular complexity index is 819. The summed E-state index contributed by atoms with van der Waals surface area (Å²) in [6.45, 7) is 0.647. The van der Waals surface area contributed by atoms with Crippen LogP contribution < -0.4 is 9.47 Å². The van der Waals surface area contributed by atoms with Gasteiger partial charge in [-0.15, -0.1) is 10.2 Å². The van der Waals surface area contributed by atoms with Crippen LogP contribution in [0.5, 0.6) is 11.5 Å². The van der Waals surface area contributed by atoms with E-state index in [4.69, 9.17) is 9.47 Å². The first-order valence-corrected chi connectivity index (χ1v) is 10.1. The van der Waals surface area contributed by atoms with Crippen LogP contribution in [0.4, 0.5) is 0 Å². The summed E-state index contributed by atoms with van der Waals surface area (Å²) < 4.78 is 13.0. The molecule has 0 fully saturated rings. The molecule has 27 heavy (non-hydrogen) atoms. The Morgan fingerprint density at radius 2 is 1.70 bits per heavy atom. The molecule has 0 saturated heterocycles. The van der Waals surface area contributed by atoms with Crippen LogP contribution in [-0.4, -0.2) is 34.2 Å². The summed E-state index contributed by atoms with van der Waals surface area (Å²) in [5, 5.41) is 9.59. The molecular formula is C21H25N3O2S. The van der Waals surface area contributed by atoms with Gasteiger partial charge in [0.25, 0.3) is 0 Å². The molecule has 3 rings (SSSR count). The lowest BCUT2D eigenvalue weighted by Gasteiger charge is -2.06. The first-order valence-electron chi connectivity index (χ1n) is 9.08. The first-order chi connectivity index (χ1) is 13.3. The number of aryl methyl sites for hydroxylation is 2. The third-order valence-electron chi connectivity index (χ3n) is 4.28. The Labute approximate surface area is 164 Å². The van der Waals surface area contributed by atoms with Crippen molar-refractivity contribution in [1.29, 1.82) is 0 Å². The number of nitrogens with zero attached hydrogens (tertiary/aromatic N) is 3. The van der Waals surface area contributed by atoms with Gasteiger partial charge in [-0.2, -0.15) is 0 Å². The number of rotatable bonds is 10. The quantitative estimate of drug-likeness (QED) is 0.388. The molecule has 0 radical (unpaired) electrons. The summed E-state index contributed by atoms with van der Waals surface area (Å²) >= 11 is 1.67. The molecule has 0 atom stereocenters. The monoisotopic (exact) mass is 383 g/mol. The molecule has 1 heterocycles. The fourth-order valence-corrected chi connectivity index (χ4v) is 3.49. The van der Waals surface area contributed by atoms with Crippen LogP contribution in [0, 0.1) is 0 Å². The van der Waals surface area contributed by atoms with E-state index in [1.165, 1.54) is 5.56 Å². The number of benzene rings is 2. The van der Waals surface area contributed by atoms with Crippen LogP contribution in [0.3, 0.4) is 0 Å². The minimum atomic E-state index is 0.647. The zero-order valence-corrected chi connectivity index (χ0v) is 16.6. The van der Waals surface area contributed by atoms with Gasteiger partial charge >= 0.3 is 0 Å². The molecule has 3 aromatic rings. The Hall–Kier alpha value is -2.47. The van der Waals surface area contributed by atoms with Gasteiger partial charge in [0.1, 0.15) is 17.3 Å². The average Bonchev–Trinajstić information content (AvgIpc) is 3.06. The lowest BCUT2D eigenvalue weighted by Crippen LogP contribution is -2.03. The van der Waals surface area contributed by atoms with Crippen molar-refractivity contribution in [2.24, 2.45) is 7.05 Å². The molecule has 142 valence electrons. The standard InChI is InChI=1S/C21H25N3O2S/c1-24-20(10-6-7-17-11-13-18(25-2)14-12-17)22-23-21(24)27-16-15-26-19-8-4-3-5-9-19/h3-5,8-9,11-14H,6-7,10,15-16H2,1-2H3. The molecule has 0 aliphatic heterocycles. The number of ether oxygens (including phenoxy) is 2. The predicted octanol–water partition coefficient (Wildman–Crippen LogP) is 4.17. The molecule has 6 heteroatoms. The van der Waals surface area contributed by atoms with E-state index in [2.05, 4.69) is 26.9 Å². The molecule has 2 aromatic carbocycles. The second kappa shape index (κ2) is 10.0. The zero-order chi connectivity index (χ0) is 18.9. The van der Waals surface area contributed by atoms with E-state index < -0.39 is 0 Å². The van der Waals surface area contributed by atoms with Crippen LogP contribution in [-0.2, 0) is 19.9 Å². The van der Waals surface area contributed by atoms with Crippen molar-refractivity contribution < 1.29 is 9.47 Å². The van der Waals surface area contributed by atoms with Crippen LogP contribution in [0.1, 0.15) is 17.8 Å². The van der Waals surface area contributed by atoms with E-state index in [0.29, 0.717) is 6.61 Å². The maximum Gasteiger partial charge on any atom is 0.191 e. The molecule has 0 aliphatic rings. The molecule has 0 saturated carbocycles. The molecule has 0 bridgehead atoms. The van der Waals surface area contributed by atoms with Crippen LogP contribution in [0.25, 0.3) is 0 Å². The van der Waals surface area contributed by atoms with Gasteiger partial charge in [0.15, 0.2) is 5.16 Å². The Morgan fingerprint density at radius 3 is 2.44 bits per heavy atom. The van der Waals surface area contributed by atoms with Gasteiger partial charge in [-0.1, -0.05) is 42.1 Å². The third kappa shape index (κ3) is 5.76. The fraction of sp³-hybridized carbons (Fsp3) is 0.333. The number of hydrogen-bond donors (Lipinski definition) is 0. The van der Waals surface area contributed by atoms with E-state index in [1.54, 1.807) is 18.9 Å². The van der Waals surface area contributed by atoms with Gasteiger partial charge in [-0.05, 0) is 42.7 Å². The third-order valence-corrected chi connectivity index (χ3v) is 5.26. The number of methoxy groups -OCH3 is 1. The Morgan fingerprint density at radius 1 is 0.926 bits per heavy atom. The summed E-state index contributed by atoms with van der Waals surface area (Å²) in [5.41, 5.74) is 1.31. The highest BCUT2D eigenvalue weighted by molar-refractivity contribution is 7.99. The van der Waals surface area contributed by atoms with Gasteiger partial charge in [0, 0.05) is 19.2 Å². The van der Waals surface area contributed by atoms with Crippen molar-refractivity contribution >= 4 is 11.8 Å². The van der Waals surface area contributed by atoms with Gasteiger partial charge in [-0.3, -0.25) is 0 Å². The highest BCUT2D eigenvalue weighted by atomic mass is 32.2. The molecule has 0 N–H and O–H groups in total. The Kier molecular flexibility index (Phi) is 7.16. The normalized spacial score (nSPS) is 10.7. The van der Waals surface area contributed by atoms with E-state index in [9.17, 15) is 0 Å². The molecule has 5 nitrogen and oxygen atoms in total. The average molecular weight is 384 g/mol. The van der Waals surface area contributed by atoms with Crippen LogP contribution in [0.15, 0.2) is 59.8 Å². The van der Waals surface area contributed by atoms with Crippen molar-refractivity contribution in [2.75, 3.05) is 19.5 Å². The number of hydrogen-bond acceptors (Lipinski definition) is 5. The Balaban J connectivity index is 1.41. The second-order valence-electron chi connectivity index (χ2n) is 6.17. The van der Waals surface area contributed by atoms with Crippen LogP contribution >= 0.6 is 11.8 Å². The maximum absolute atomic E-state index is 5.72. The highest BCUT2D eigenvalue weighted by Crippen LogP contribution is 2.18. The predicted molar refractivity (Wildman–Crippen MR) is 109 cm³/mol. The summed E-state index contributed by atoms with van der Waals surface area (Å²) in [7, 11) is 3.72. The van der Waals surface area contributed by atoms with Crippen molar-refractivity contribution in [3.05, 3.63) is 66.0 Å². The fourth-order valence-electron chi connectivity index (χ4n) is 2.74. The summed E-state index contributed by atoms with van der Waals surface area (Å²) in [5.74, 6) is 3.66. The number of para-hydroxylation sites is 1. The second-order valence-corrected chi connectivity index (χ2v) is 7.23. The lowest BCUT2D eigenvalue weighted by molar-refractivity contribution is 0.344. The molecular weight excluding hydrogens is 358 g/mol. The summed E-state index contributed by atoms with van der Waals surface area (Å²) in [6, 6.07) is 18.1. The van der Waals surface area contributed by atoms with Crippen molar-refractivity contribution in [3.63, 3.8) is 0 Å². The smallest absolute Gasteiger partial charge is 0.191 e. The van der Waals surface area contributed by atoms with E-state index >= 15 is 0 Å². The summed E-state index contributed by atoms with van der Waals surface area (Å²) in [4.78, 5) is 0. The van der Waals surface area contributed by atoms with E-state index in [1.807, 2.05) is 49.5 Å². The number of aromatic nitrogens is 3. The topological polar surface area (TPSA) is 49.2 Å². The summed E-state index contributed by atoms with van der Waals surface area (Å²) in [6.07, 6.45) is 2.97. The van der Waals surface area contributed by atoms with Crippen molar-refractivity contribution in [3.8, 4) is 11.5 Å². The molecule has 0 amide bonds. The minimum absolute atomic E-state index is 0.647. The van der Waals surface area contributed by atoms with Crippen molar-refractivity contribution in [1.82, 2.24) is 14.8 Å². The highest BCUT2D eigenvalue weighted by Gasteiger charge is 2.09. The van der Waals surface area contributed by atoms with Crippen molar-refractivity contribution in [2.45, 2.75) is 24.4 Å². The largest absolute Gasteiger partial charge is 0.497 e. The first kappa shape index (κ1) is 19.3. The van der Waals surface area contributed by atoms with Gasteiger partial charge < -0.3 is 14.0 Å². The zero-order valence-electron chi connectivity index (χ0n) is 15.8. The molecule has 0 aliphatic carbocycles. The van der Waals surface area contributed by atoms with Gasteiger partial charge in [0.2, 0.25) is 0 Å². The van der Waals surface area contributed by atoms with E-state index in [-0.39, 0.29) is 0 Å². The van der Waals surface area contributed by atoms with Crippen LogP contribution in [0.2, 0.25) is 0 Å².